The quantitative estimate of drug-likeness (QED) is 0.851. The van der Waals surface area contributed by atoms with Crippen LogP contribution in [0.4, 0.5) is 5.82 Å². The van der Waals surface area contributed by atoms with Gasteiger partial charge >= 0.3 is 0 Å². The van der Waals surface area contributed by atoms with E-state index in [1.54, 1.807) is 18.3 Å². The van der Waals surface area contributed by atoms with Crippen molar-refractivity contribution in [1.82, 2.24) is 14.5 Å². The van der Waals surface area contributed by atoms with Gasteiger partial charge in [-0.05, 0) is 36.4 Å². The van der Waals surface area contributed by atoms with E-state index in [1.165, 1.54) is 16.4 Å². The van der Waals surface area contributed by atoms with Gasteiger partial charge in [0.05, 0.1) is 4.90 Å². The summed E-state index contributed by atoms with van der Waals surface area (Å²) in [6, 6.07) is 9.93. The lowest BCUT2D eigenvalue weighted by molar-refractivity contribution is 0.383. The fraction of sp³-hybridized carbons (Fsp3) is 0.286. The van der Waals surface area contributed by atoms with E-state index in [0.717, 1.165) is 5.82 Å². The molecule has 6 nitrogen and oxygen atoms in total. The molecule has 3 rings (SSSR count). The van der Waals surface area contributed by atoms with E-state index in [2.05, 4.69) is 10.2 Å². The highest BCUT2D eigenvalue weighted by atomic mass is 35.5. The van der Waals surface area contributed by atoms with Gasteiger partial charge in [-0.3, -0.25) is 0 Å². The number of rotatable bonds is 3. The summed E-state index contributed by atoms with van der Waals surface area (Å²) < 4.78 is 26.6. The highest BCUT2D eigenvalue weighted by Gasteiger charge is 2.28. The van der Waals surface area contributed by atoms with Crippen LogP contribution < -0.4 is 4.90 Å². The molecular weight excluding hydrogens is 324 g/mol. The summed E-state index contributed by atoms with van der Waals surface area (Å²) >= 11 is 5.81. The minimum absolute atomic E-state index is 0.268. The molecule has 2 heterocycles. The Balaban J connectivity index is 1.72. The number of benzene rings is 1. The van der Waals surface area contributed by atoms with Gasteiger partial charge in [0.2, 0.25) is 10.0 Å². The van der Waals surface area contributed by atoms with Crippen molar-refractivity contribution in [1.29, 1.82) is 0 Å². The Hall–Kier alpha value is -1.70. The van der Waals surface area contributed by atoms with Gasteiger partial charge in [-0.15, -0.1) is 5.10 Å². The Kier molecular flexibility index (Phi) is 4.28. The SMILES string of the molecule is O=S(=O)(c1ccc(Cl)cc1)N1CCN(c2cccnn2)CC1. The van der Waals surface area contributed by atoms with E-state index in [-0.39, 0.29) is 4.90 Å². The maximum absolute atomic E-state index is 12.6. The zero-order valence-electron chi connectivity index (χ0n) is 11.8. The van der Waals surface area contributed by atoms with Crippen LogP contribution in [-0.4, -0.2) is 49.1 Å². The molecule has 1 aliphatic rings. The summed E-state index contributed by atoms with van der Waals surface area (Å²) in [4.78, 5) is 2.30. The van der Waals surface area contributed by atoms with Gasteiger partial charge in [0, 0.05) is 37.4 Å². The summed E-state index contributed by atoms with van der Waals surface area (Å²) in [6.07, 6.45) is 1.62. The molecule has 22 heavy (non-hydrogen) atoms. The predicted molar refractivity (Wildman–Crippen MR) is 84.5 cm³/mol. The van der Waals surface area contributed by atoms with Crippen molar-refractivity contribution in [2.24, 2.45) is 0 Å². The minimum atomic E-state index is -3.47. The van der Waals surface area contributed by atoms with Crippen LogP contribution in [-0.2, 0) is 10.0 Å². The number of sulfonamides is 1. The second kappa shape index (κ2) is 6.20. The van der Waals surface area contributed by atoms with E-state index in [9.17, 15) is 8.42 Å². The molecule has 0 amide bonds. The highest BCUT2D eigenvalue weighted by Crippen LogP contribution is 2.21. The maximum atomic E-state index is 12.6. The molecule has 0 radical (unpaired) electrons. The zero-order chi connectivity index (χ0) is 15.6. The fourth-order valence-electron chi connectivity index (χ4n) is 2.38. The number of nitrogens with zero attached hydrogens (tertiary/aromatic N) is 4. The Bertz CT molecular complexity index is 729. The van der Waals surface area contributed by atoms with Crippen molar-refractivity contribution in [2.45, 2.75) is 4.90 Å². The molecule has 0 unspecified atom stereocenters. The summed E-state index contributed by atoms with van der Waals surface area (Å²) in [5.74, 6) is 0.769. The fourth-order valence-corrected chi connectivity index (χ4v) is 3.92. The van der Waals surface area contributed by atoms with Crippen LogP contribution in [0.3, 0.4) is 0 Å². The first-order chi connectivity index (χ1) is 10.6. The molecule has 116 valence electrons. The Labute approximate surface area is 134 Å². The van der Waals surface area contributed by atoms with E-state index >= 15 is 0 Å². The Morgan fingerprint density at radius 1 is 1.00 bits per heavy atom. The van der Waals surface area contributed by atoms with E-state index in [0.29, 0.717) is 31.2 Å². The van der Waals surface area contributed by atoms with Crippen molar-refractivity contribution in [2.75, 3.05) is 31.1 Å². The summed E-state index contributed by atoms with van der Waals surface area (Å²) in [5.41, 5.74) is 0. The molecule has 0 spiro atoms. The van der Waals surface area contributed by atoms with Crippen LogP contribution >= 0.6 is 11.6 Å². The van der Waals surface area contributed by atoms with Crippen LogP contribution in [0.1, 0.15) is 0 Å². The topological polar surface area (TPSA) is 66.4 Å². The molecule has 0 atom stereocenters. The van der Waals surface area contributed by atoms with E-state index in [4.69, 9.17) is 11.6 Å². The number of anilines is 1. The molecule has 0 bridgehead atoms. The average molecular weight is 339 g/mol. The van der Waals surface area contributed by atoms with E-state index < -0.39 is 10.0 Å². The second-order valence-electron chi connectivity index (χ2n) is 4.93. The first kappa shape index (κ1) is 15.2. The van der Waals surface area contributed by atoms with Crippen molar-refractivity contribution >= 4 is 27.4 Å². The first-order valence-electron chi connectivity index (χ1n) is 6.86. The van der Waals surface area contributed by atoms with Crippen molar-refractivity contribution in [3.8, 4) is 0 Å². The van der Waals surface area contributed by atoms with Gasteiger partial charge < -0.3 is 4.90 Å². The number of halogens is 1. The molecule has 0 saturated carbocycles. The molecule has 1 aliphatic heterocycles. The second-order valence-corrected chi connectivity index (χ2v) is 7.30. The smallest absolute Gasteiger partial charge is 0.243 e. The number of hydrogen-bond donors (Lipinski definition) is 0. The lowest BCUT2D eigenvalue weighted by Gasteiger charge is -2.34. The maximum Gasteiger partial charge on any atom is 0.243 e. The number of aromatic nitrogens is 2. The van der Waals surface area contributed by atoms with Crippen molar-refractivity contribution in [3.63, 3.8) is 0 Å². The average Bonchev–Trinajstić information content (AvgIpc) is 2.56. The third-order valence-electron chi connectivity index (χ3n) is 3.57. The van der Waals surface area contributed by atoms with Crippen LogP contribution in [0.15, 0.2) is 47.5 Å². The van der Waals surface area contributed by atoms with Crippen LogP contribution in [0.2, 0.25) is 5.02 Å². The first-order valence-corrected chi connectivity index (χ1v) is 8.67. The molecular formula is C14H15ClN4O2S. The Morgan fingerprint density at radius 3 is 2.27 bits per heavy atom. The largest absolute Gasteiger partial charge is 0.352 e. The summed E-state index contributed by atoms with van der Waals surface area (Å²) in [6.45, 7) is 2.01. The van der Waals surface area contributed by atoms with Crippen molar-refractivity contribution in [3.05, 3.63) is 47.6 Å². The third kappa shape index (κ3) is 3.06. The lowest BCUT2D eigenvalue weighted by Crippen LogP contribution is -2.48. The molecule has 1 aromatic heterocycles. The van der Waals surface area contributed by atoms with Gasteiger partial charge in [0.15, 0.2) is 5.82 Å². The van der Waals surface area contributed by atoms with Crippen molar-refractivity contribution < 1.29 is 8.42 Å². The summed E-state index contributed by atoms with van der Waals surface area (Å²) in [5, 5.41) is 8.42. The van der Waals surface area contributed by atoms with E-state index in [1.807, 2.05) is 17.0 Å². The van der Waals surface area contributed by atoms with Crippen LogP contribution in [0.25, 0.3) is 0 Å². The van der Waals surface area contributed by atoms with Gasteiger partial charge in [-0.2, -0.15) is 9.40 Å². The third-order valence-corrected chi connectivity index (χ3v) is 5.74. The predicted octanol–water partition coefficient (Wildman–Crippen LogP) is 1.64. The Morgan fingerprint density at radius 2 is 1.68 bits per heavy atom. The summed E-state index contributed by atoms with van der Waals surface area (Å²) in [7, 11) is -3.47. The number of hydrogen-bond acceptors (Lipinski definition) is 5. The molecule has 2 aromatic rings. The molecule has 8 heteroatoms. The number of piperazine rings is 1. The van der Waals surface area contributed by atoms with Gasteiger partial charge in [-0.25, -0.2) is 8.42 Å². The standard InChI is InChI=1S/C14H15ClN4O2S/c15-12-3-5-13(6-4-12)22(20,21)19-10-8-18(9-11-19)14-2-1-7-16-17-14/h1-7H,8-11H2. The molecule has 1 saturated heterocycles. The molecule has 0 N–H and O–H groups in total. The monoisotopic (exact) mass is 338 g/mol. The van der Waals surface area contributed by atoms with Crippen LogP contribution in [0, 0.1) is 0 Å². The molecule has 1 aromatic carbocycles. The lowest BCUT2D eigenvalue weighted by atomic mass is 10.3. The van der Waals surface area contributed by atoms with Crippen LogP contribution in [0.5, 0.6) is 0 Å². The van der Waals surface area contributed by atoms with Gasteiger partial charge in [0.25, 0.3) is 0 Å². The highest BCUT2D eigenvalue weighted by molar-refractivity contribution is 7.89. The zero-order valence-corrected chi connectivity index (χ0v) is 13.3. The molecule has 1 fully saturated rings. The molecule has 0 aliphatic carbocycles. The van der Waals surface area contributed by atoms with Gasteiger partial charge in [-0.1, -0.05) is 11.6 Å². The minimum Gasteiger partial charge on any atom is -0.352 e. The normalized spacial score (nSPS) is 16.7. The van der Waals surface area contributed by atoms with Gasteiger partial charge in [0.1, 0.15) is 0 Å².